The summed E-state index contributed by atoms with van der Waals surface area (Å²) in [5.41, 5.74) is 4.24. The van der Waals surface area contributed by atoms with Gasteiger partial charge in [0.25, 0.3) is 5.56 Å². The van der Waals surface area contributed by atoms with Gasteiger partial charge in [-0.2, -0.15) is 10.4 Å². The summed E-state index contributed by atoms with van der Waals surface area (Å²) in [6.07, 6.45) is 5.13. The van der Waals surface area contributed by atoms with E-state index in [9.17, 15) is 9.59 Å². The Labute approximate surface area is 226 Å². The van der Waals surface area contributed by atoms with E-state index in [1.54, 1.807) is 18.5 Å². The Hall–Kier alpha value is -4.23. The van der Waals surface area contributed by atoms with Crippen LogP contribution in [-0.2, 0) is 16.1 Å². The number of ether oxygens (including phenoxy) is 1. The van der Waals surface area contributed by atoms with Crippen LogP contribution in [0.2, 0.25) is 0 Å². The number of benzene rings is 1. The number of rotatable bonds is 5. The number of aromatic amines is 1. The number of piperazine rings is 1. The lowest BCUT2D eigenvalue weighted by molar-refractivity contribution is -0.134. The van der Waals surface area contributed by atoms with Crippen molar-refractivity contribution in [3.63, 3.8) is 0 Å². The van der Waals surface area contributed by atoms with Crippen molar-refractivity contribution in [2.75, 3.05) is 36.0 Å². The van der Waals surface area contributed by atoms with Crippen molar-refractivity contribution in [3.8, 4) is 6.07 Å². The fourth-order valence-corrected chi connectivity index (χ4v) is 6.06. The van der Waals surface area contributed by atoms with Crippen LogP contribution in [-0.4, -0.2) is 64.4 Å². The number of carbonyl (C=O) groups is 1. The second kappa shape index (κ2) is 10.5. The molecule has 0 spiro atoms. The maximum Gasteiger partial charge on any atom is 0.269 e. The molecule has 0 unspecified atom stereocenters. The molecular weight excluding hydrogens is 494 g/mol. The quantitative estimate of drug-likeness (QED) is 0.540. The number of aromatic nitrogens is 3. The molecule has 200 valence electrons. The lowest BCUT2D eigenvalue weighted by Crippen LogP contribution is -2.49. The first-order chi connectivity index (χ1) is 19.0. The smallest absolute Gasteiger partial charge is 0.269 e. The number of fused-ring (bicyclic) bond motifs is 1. The van der Waals surface area contributed by atoms with Crippen molar-refractivity contribution in [2.45, 2.75) is 51.0 Å². The van der Waals surface area contributed by atoms with Gasteiger partial charge in [-0.25, -0.2) is 10.1 Å². The van der Waals surface area contributed by atoms with Crippen LogP contribution in [0.5, 0.6) is 0 Å². The van der Waals surface area contributed by atoms with Crippen LogP contribution in [0.3, 0.4) is 0 Å². The molecule has 1 amide bonds. The van der Waals surface area contributed by atoms with Crippen molar-refractivity contribution in [2.24, 2.45) is 0 Å². The van der Waals surface area contributed by atoms with Gasteiger partial charge < -0.3 is 19.4 Å². The van der Waals surface area contributed by atoms with E-state index in [-0.39, 0.29) is 29.7 Å². The minimum atomic E-state index is -0.187. The van der Waals surface area contributed by atoms with Crippen LogP contribution in [0.4, 0.5) is 11.5 Å². The van der Waals surface area contributed by atoms with Gasteiger partial charge in [-0.05, 0) is 43.0 Å². The Morgan fingerprint density at radius 2 is 1.95 bits per heavy atom. The highest BCUT2D eigenvalue weighted by atomic mass is 16.5. The second-order valence-electron chi connectivity index (χ2n) is 10.4. The van der Waals surface area contributed by atoms with E-state index in [0.29, 0.717) is 50.3 Å². The van der Waals surface area contributed by atoms with Crippen LogP contribution < -0.4 is 15.4 Å². The lowest BCUT2D eigenvalue weighted by Gasteiger charge is -2.36. The van der Waals surface area contributed by atoms with Crippen molar-refractivity contribution >= 4 is 17.4 Å². The number of hydrogen-bond acceptors (Lipinski definition) is 8. The SMILES string of the molecule is Cc1c(N2Cc3ccccc3[C@@H]2[C@@H]2CC[C@@H](CC(=O)N3CCN(c4ccc(C#N)cn4)CC3)O2)cn[nH]c1=O. The fourth-order valence-electron chi connectivity index (χ4n) is 6.06. The molecule has 0 radical (unpaired) electrons. The highest BCUT2D eigenvalue weighted by molar-refractivity contribution is 5.77. The summed E-state index contributed by atoms with van der Waals surface area (Å²) in [5, 5.41) is 15.6. The third-order valence-corrected chi connectivity index (χ3v) is 8.17. The van der Waals surface area contributed by atoms with E-state index in [2.05, 4.69) is 43.2 Å². The molecule has 3 atom stereocenters. The average molecular weight is 526 g/mol. The molecule has 3 aliphatic rings. The van der Waals surface area contributed by atoms with Crippen LogP contribution in [0.1, 0.15) is 47.6 Å². The van der Waals surface area contributed by atoms with Crippen molar-refractivity contribution < 1.29 is 9.53 Å². The molecule has 0 bridgehead atoms. The van der Waals surface area contributed by atoms with Crippen LogP contribution >= 0.6 is 0 Å². The highest BCUT2D eigenvalue weighted by Gasteiger charge is 2.42. The van der Waals surface area contributed by atoms with Crippen LogP contribution in [0, 0.1) is 18.3 Å². The molecular formula is C29H31N7O3. The standard InChI is InChI=1S/C29H31N7O3/c1-19-24(17-32-33-29(19)38)36-18-21-4-2-3-5-23(21)28(36)25-8-7-22(39-25)14-27(37)35-12-10-34(11-13-35)26-9-6-20(15-30)16-31-26/h2-6,9,16-17,22,25,28H,7-8,10-14,18H2,1H3,(H,33,38)/t22-,25-,28+/m0/s1. The highest BCUT2D eigenvalue weighted by Crippen LogP contribution is 2.44. The maximum atomic E-state index is 13.2. The molecule has 2 aromatic heterocycles. The Morgan fingerprint density at radius 3 is 2.72 bits per heavy atom. The lowest BCUT2D eigenvalue weighted by atomic mass is 9.98. The topological polar surface area (TPSA) is 118 Å². The van der Waals surface area contributed by atoms with E-state index in [1.807, 2.05) is 30.0 Å². The molecule has 2 saturated heterocycles. The Kier molecular flexibility index (Phi) is 6.75. The molecule has 10 nitrogen and oxygen atoms in total. The molecule has 2 fully saturated rings. The minimum Gasteiger partial charge on any atom is -0.372 e. The zero-order valence-electron chi connectivity index (χ0n) is 21.9. The zero-order valence-corrected chi connectivity index (χ0v) is 21.9. The first kappa shape index (κ1) is 25.1. The van der Waals surface area contributed by atoms with Crippen molar-refractivity contribution in [1.29, 1.82) is 5.26 Å². The monoisotopic (exact) mass is 525 g/mol. The molecule has 1 N–H and O–H groups in total. The predicted molar refractivity (Wildman–Crippen MR) is 145 cm³/mol. The number of nitrogens with zero attached hydrogens (tertiary/aromatic N) is 6. The summed E-state index contributed by atoms with van der Waals surface area (Å²) < 4.78 is 6.56. The van der Waals surface area contributed by atoms with Crippen LogP contribution in [0.25, 0.3) is 0 Å². The fraction of sp³-hybridized carbons (Fsp3) is 0.414. The average Bonchev–Trinajstić information content (AvgIpc) is 3.59. The van der Waals surface area contributed by atoms with E-state index in [1.165, 1.54) is 11.1 Å². The molecule has 5 heterocycles. The van der Waals surface area contributed by atoms with Gasteiger partial charge in [0, 0.05) is 44.5 Å². The van der Waals surface area contributed by atoms with Gasteiger partial charge in [0.2, 0.25) is 5.91 Å². The normalized spacial score (nSPS) is 22.6. The van der Waals surface area contributed by atoms with Gasteiger partial charge in [0.15, 0.2) is 0 Å². The summed E-state index contributed by atoms with van der Waals surface area (Å²) in [4.78, 5) is 36.2. The maximum absolute atomic E-state index is 13.2. The summed E-state index contributed by atoms with van der Waals surface area (Å²) in [6, 6.07) is 14.0. The Morgan fingerprint density at radius 1 is 1.13 bits per heavy atom. The number of nitrogens with one attached hydrogen (secondary N) is 1. The number of amides is 1. The third kappa shape index (κ3) is 4.86. The van der Waals surface area contributed by atoms with E-state index in [4.69, 9.17) is 10.00 Å². The number of nitriles is 1. The summed E-state index contributed by atoms with van der Waals surface area (Å²) >= 11 is 0. The Balaban J connectivity index is 1.10. The van der Waals surface area contributed by atoms with Crippen molar-refractivity contribution in [1.82, 2.24) is 20.1 Å². The molecule has 39 heavy (non-hydrogen) atoms. The third-order valence-electron chi connectivity index (χ3n) is 8.17. The number of anilines is 2. The van der Waals surface area contributed by atoms with E-state index >= 15 is 0 Å². The first-order valence-corrected chi connectivity index (χ1v) is 13.4. The zero-order chi connectivity index (χ0) is 26.9. The first-order valence-electron chi connectivity index (χ1n) is 13.4. The van der Waals surface area contributed by atoms with Gasteiger partial charge in [-0.15, -0.1) is 0 Å². The molecule has 1 aromatic carbocycles. The summed E-state index contributed by atoms with van der Waals surface area (Å²) in [7, 11) is 0. The van der Waals surface area contributed by atoms with Gasteiger partial charge in [0.05, 0.1) is 42.1 Å². The summed E-state index contributed by atoms with van der Waals surface area (Å²) in [5.74, 6) is 0.946. The van der Waals surface area contributed by atoms with Crippen molar-refractivity contribution in [3.05, 3.63) is 81.4 Å². The van der Waals surface area contributed by atoms with Gasteiger partial charge >= 0.3 is 0 Å². The number of hydrogen-bond donors (Lipinski definition) is 1. The molecule has 0 aliphatic carbocycles. The second-order valence-corrected chi connectivity index (χ2v) is 10.4. The van der Waals surface area contributed by atoms with Gasteiger partial charge in [-0.1, -0.05) is 24.3 Å². The molecule has 6 rings (SSSR count). The Bertz CT molecular complexity index is 1460. The minimum absolute atomic E-state index is 0.0351. The molecule has 10 heteroatoms. The van der Waals surface area contributed by atoms with E-state index < -0.39 is 0 Å². The number of H-pyrrole nitrogens is 1. The molecule has 3 aliphatic heterocycles. The number of carbonyl (C=O) groups excluding carboxylic acids is 1. The van der Waals surface area contributed by atoms with Crippen LogP contribution in [0.15, 0.2) is 53.6 Å². The van der Waals surface area contributed by atoms with Gasteiger partial charge in [-0.3, -0.25) is 9.59 Å². The van der Waals surface area contributed by atoms with E-state index in [0.717, 1.165) is 24.3 Å². The number of pyridine rings is 1. The summed E-state index contributed by atoms with van der Waals surface area (Å²) in [6.45, 7) is 5.19. The molecule has 3 aromatic rings. The van der Waals surface area contributed by atoms with Gasteiger partial charge in [0.1, 0.15) is 11.9 Å². The largest absolute Gasteiger partial charge is 0.372 e. The molecule has 0 saturated carbocycles. The predicted octanol–water partition coefficient (Wildman–Crippen LogP) is 2.69.